The lowest BCUT2D eigenvalue weighted by Crippen LogP contribution is -1.85. The first-order valence-corrected chi connectivity index (χ1v) is 5.60. The van der Waals surface area contributed by atoms with Crippen molar-refractivity contribution in [2.75, 3.05) is 6.26 Å². The standard InChI is InChI=1S/C8H7NO2S2/c1-13(10)5-2-3-7-6(4-5)9-8(12)11-7/h2-4H,1H3,(H,9,12). The smallest absolute Gasteiger partial charge is 0.266 e. The molecule has 2 aromatic rings. The zero-order chi connectivity index (χ0) is 9.42. The van der Waals surface area contributed by atoms with E-state index in [0.717, 1.165) is 10.4 Å². The van der Waals surface area contributed by atoms with Crippen molar-refractivity contribution in [3.63, 3.8) is 0 Å². The Kier molecular flexibility index (Phi) is 2.05. The SMILES string of the molecule is CS(=O)c1ccc2oc(=S)[nH]c2c1. The highest BCUT2D eigenvalue weighted by atomic mass is 32.2. The number of H-pyrrole nitrogens is 1. The topological polar surface area (TPSA) is 46.0 Å². The average molecular weight is 213 g/mol. The van der Waals surface area contributed by atoms with Crippen LogP contribution in [0.1, 0.15) is 0 Å². The maximum Gasteiger partial charge on any atom is 0.266 e. The van der Waals surface area contributed by atoms with E-state index in [4.69, 9.17) is 16.6 Å². The Hall–Kier alpha value is -0.940. The molecule has 0 fully saturated rings. The van der Waals surface area contributed by atoms with Gasteiger partial charge in [0.05, 0.1) is 5.52 Å². The molecule has 1 aromatic carbocycles. The Morgan fingerprint density at radius 1 is 1.54 bits per heavy atom. The van der Waals surface area contributed by atoms with E-state index in [1.807, 2.05) is 0 Å². The molecule has 1 unspecified atom stereocenters. The number of hydrogen-bond donors (Lipinski definition) is 1. The molecule has 1 N–H and O–H groups in total. The molecule has 68 valence electrons. The summed E-state index contributed by atoms with van der Waals surface area (Å²) in [5, 5.41) is 0. The fourth-order valence-electron chi connectivity index (χ4n) is 1.11. The fraction of sp³-hybridized carbons (Fsp3) is 0.125. The Morgan fingerprint density at radius 2 is 2.31 bits per heavy atom. The molecule has 0 radical (unpaired) electrons. The lowest BCUT2D eigenvalue weighted by Gasteiger charge is -1.93. The second-order valence-electron chi connectivity index (χ2n) is 2.63. The number of benzene rings is 1. The van der Waals surface area contributed by atoms with Gasteiger partial charge in [0.15, 0.2) is 5.58 Å². The average Bonchev–Trinajstić information content (AvgIpc) is 2.42. The maximum atomic E-state index is 11.1. The Morgan fingerprint density at radius 3 is 3.00 bits per heavy atom. The molecule has 13 heavy (non-hydrogen) atoms. The fourth-order valence-corrected chi connectivity index (χ4v) is 1.85. The number of fused-ring (bicyclic) bond motifs is 1. The van der Waals surface area contributed by atoms with Gasteiger partial charge in [-0.3, -0.25) is 4.21 Å². The van der Waals surface area contributed by atoms with E-state index in [2.05, 4.69) is 4.98 Å². The van der Waals surface area contributed by atoms with Crippen LogP contribution in [0.25, 0.3) is 11.1 Å². The Labute approximate surface area is 82.2 Å². The largest absolute Gasteiger partial charge is 0.429 e. The van der Waals surface area contributed by atoms with E-state index in [9.17, 15) is 4.21 Å². The molecule has 0 saturated heterocycles. The van der Waals surface area contributed by atoms with Crippen molar-refractivity contribution in [1.29, 1.82) is 0 Å². The Bertz CT molecular complexity index is 526. The summed E-state index contributed by atoms with van der Waals surface area (Å²) in [6.07, 6.45) is 1.63. The predicted octanol–water partition coefficient (Wildman–Crippen LogP) is 2.23. The first kappa shape index (κ1) is 8.65. The van der Waals surface area contributed by atoms with Gasteiger partial charge in [-0.2, -0.15) is 0 Å². The summed E-state index contributed by atoms with van der Waals surface area (Å²) in [5.41, 5.74) is 1.48. The van der Waals surface area contributed by atoms with E-state index in [1.165, 1.54) is 0 Å². The number of aromatic nitrogens is 1. The summed E-state index contributed by atoms with van der Waals surface area (Å²) < 4.78 is 16.3. The molecule has 0 aliphatic carbocycles. The minimum absolute atomic E-state index is 0.342. The molecule has 0 spiro atoms. The second kappa shape index (κ2) is 3.08. The summed E-state index contributed by atoms with van der Waals surface area (Å²) in [6, 6.07) is 5.31. The second-order valence-corrected chi connectivity index (χ2v) is 4.38. The van der Waals surface area contributed by atoms with Crippen molar-refractivity contribution < 1.29 is 8.63 Å². The van der Waals surface area contributed by atoms with E-state index in [-0.39, 0.29) is 0 Å². The molecule has 0 aliphatic heterocycles. The molecule has 3 nitrogen and oxygen atoms in total. The predicted molar refractivity (Wildman–Crippen MR) is 53.7 cm³/mol. The van der Waals surface area contributed by atoms with Crippen molar-refractivity contribution in [2.24, 2.45) is 0 Å². The number of hydrogen-bond acceptors (Lipinski definition) is 3. The molecule has 1 aromatic heterocycles. The van der Waals surface area contributed by atoms with Gasteiger partial charge >= 0.3 is 0 Å². The zero-order valence-corrected chi connectivity index (χ0v) is 8.50. The highest BCUT2D eigenvalue weighted by molar-refractivity contribution is 7.84. The monoisotopic (exact) mass is 213 g/mol. The van der Waals surface area contributed by atoms with E-state index >= 15 is 0 Å². The van der Waals surface area contributed by atoms with Gasteiger partial charge in [0.1, 0.15) is 0 Å². The van der Waals surface area contributed by atoms with Crippen molar-refractivity contribution >= 4 is 34.1 Å². The highest BCUT2D eigenvalue weighted by Gasteiger charge is 2.02. The van der Waals surface area contributed by atoms with Crippen LogP contribution in [-0.2, 0) is 10.8 Å². The zero-order valence-electron chi connectivity index (χ0n) is 6.87. The number of oxazole rings is 1. The molecule has 0 bridgehead atoms. The highest BCUT2D eigenvalue weighted by Crippen LogP contribution is 2.16. The van der Waals surface area contributed by atoms with Crippen molar-refractivity contribution in [1.82, 2.24) is 4.98 Å². The molecule has 5 heteroatoms. The van der Waals surface area contributed by atoms with Gasteiger partial charge in [-0.15, -0.1) is 0 Å². The summed E-state index contributed by atoms with van der Waals surface area (Å²) in [5.74, 6) is 0. The third-order valence-corrected chi connectivity index (χ3v) is 2.83. The molecule has 0 aliphatic rings. The third-order valence-electron chi connectivity index (χ3n) is 1.72. The first-order valence-electron chi connectivity index (χ1n) is 3.63. The van der Waals surface area contributed by atoms with Crippen molar-refractivity contribution in [2.45, 2.75) is 4.90 Å². The van der Waals surface area contributed by atoms with Gasteiger partial charge in [0.2, 0.25) is 0 Å². The van der Waals surface area contributed by atoms with E-state index < -0.39 is 10.8 Å². The normalized spacial score (nSPS) is 13.3. The van der Waals surface area contributed by atoms with Gasteiger partial charge in [0, 0.05) is 22.0 Å². The van der Waals surface area contributed by atoms with Crippen LogP contribution < -0.4 is 0 Å². The van der Waals surface area contributed by atoms with Crippen molar-refractivity contribution in [3.8, 4) is 0 Å². The molecule has 1 atom stereocenters. The van der Waals surface area contributed by atoms with Gasteiger partial charge in [-0.05, 0) is 30.4 Å². The van der Waals surface area contributed by atoms with Gasteiger partial charge in [-0.25, -0.2) is 0 Å². The lowest BCUT2D eigenvalue weighted by atomic mass is 10.3. The molecular weight excluding hydrogens is 206 g/mol. The summed E-state index contributed by atoms with van der Waals surface area (Å²) >= 11 is 4.82. The van der Waals surface area contributed by atoms with Gasteiger partial charge in [0.25, 0.3) is 4.84 Å². The first-order chi connectivity index (χ1) is 6.16. The van der Waals surface area contributed by atoms with Crippen LogP contribution in [-0.4, -0.2) is 15.4 Å². The van der Waals surface area contributed by atoms with Crippen LogP contribution >= 0.6 is 12.2 Å². The lowest BCUT2D eigenvalue weighted by molar-refractivity contribution is 0.583. The summed E-state index contributed by atoms with van der Waals surface area (Å²) in [6.45, 7) is 0. The van der Waals surface area contributed by atoms with Gasteiger partial charge < -0.3 is 9.40 Å². The molecular formula is C8H7NO2S2. The van der Waals surface area contributed by atoms with Crippen LogP contribution in [0, 0.1) is 4.84 Å². The summed E-state index contributed by atoms with van der Waals surface area (Å²) in [7, 11) is -0.971. The number of rotatable bonds is 1. The van der Waals surface area contributed by atoms with E-state index in [1.54, 1.807) is 24.5 Å². The van der Waals surface area contributed by atoms with Crippen LogP contribution in [0.4, 0.5) is 0 Å². The van der Waals surface area contributed by atoms with E-state index in [0.29, 0.717) is 10.4 Å². The Balaban J connectivity index is 2.74. The molecule has 2 rings (SSSR count). The van der Waals surface area contributed by atoms with Crippen LogP contribution in [0.2, 0.25) is 0 Å². The number of nitrogens with one attached hydrogen (secondary N) is 1. The third kappa shape index (κ3) is 1.57. The quantitative estimate of drug-likeness (QED) is 0.739. The van der Waals surface area contributed by atoms with Gasteiger partial charge in [-0.1, -0.05) is 0 Å². The molecule has 0 amide bonds. The summed E-state index contributed by atoms with van der Waals surface area (Å²) in [4.78, 5) is 3.97. The number of aromatic amines is 1. The van der Waals surface area contributed by atoms with Crippen LogP contribution in [0.15, 0.2) is 27.5 Å². The minimum atomic E-state index is -0.971. The van der Waals surface area contributed by atoms with Crippen LogP contribution in [0.5, 0.6) is 0 Å². The van der Waals surface area contributed by atoms with Crippen molar-refractivity contribution in [3.05, 3.63) is 23.0 Å². The molecule has 0 saturated carbocycles. The minimum Gasteiger partial charge on any atom is -0.429 e. The van der Waals surface area contributed by atoms with Crippen LogP contribution in [0.3, 0.4) is 0 Å². The molecule has 1 heterocycles. The maximum absolute atomic E-state index is 11.1.